The van der Waals surface area contributed by atoms with E-state index in [0.717, 1.165) is 10.3 Å². The van der Waals surface area contributed by atoms with Gasteiger partial charge in [0.2, 0.25) is 6.39 Å². The summed E-state index contributed by atoms with van der Waals surface area (Å²) in [7, 11) is 0. The Balaban J connectivity index is 1.86. The van der Waals surface area contributed by atoms with Crippen LogP contribution < -0.4 is 5.32 Å². The van der Waals surface area contributed by atoms with Gasteiger partial charge in [-0.3, -0.25) is 0 Å². The highest BCUT2D eigenvalue weighted by Gasteiger charge is 2.01. The lowest BCUT2D eigenvalue weighted by Crippen LogP contribution is -2.07. The van der Waals surface area contributed by atoms with Gasteiger partial charge in [0.05, 0.1) is 4.47 Å². The lowest BCUT2D eigenvalue weighted by molar-refractivity contribution is 0.410. The predicted molar refractivity (Wildman–Crippen MR) is 56.2 cm³/mol. The molecule has 7 heteroatoms. The summed E-state index contributed by atoms with van der Waals surface area (Å²) in [6.45, 7) is 0.690. The average Bonchev–Trinajstić information content (AvgIpc) is 2.74. The maximum absolute atomic E-state index is 4.62. The van der Waals surface area contributed by atoms with E-state index in [9.17, 15) is 0 Å². The van der Waals surface area contributed by atoms with Gasteiger partial charge < -0.3 is 9.84 Å². The van der Waals surface area contributed by atoms with Crippen molar-refractivity contribution in [1.29, 1.82) is 0 Å². The summed E-state index contributed by atoms with van der Waals surface area (Å²) in [5.74, 6) is 1.43. The second-order valence-corrected chi connectivity index (χ2v) is 3.60. The molecule has 2 aromatic heterocycles. The third kappa shape index (κ3) is 2.72. The van der Waals surface area contributed by atoms with Crippen molar-refractivity contribution in [2.24, 2.45) is 0 Å². The summed E-state index contributed by atoms with van der Waals surface area (Å²) in [5.41, 5.74) is 0. The number of aromatic nitrogens is 4. The smallest absolute Gasteiger partial charge is 0.213 e. The first-order valence-corrected chi connectivity index (χ1v) is 5.10. The van der Waals surface area contributed by atoms with Crippen LogP contribution >= 0.6 is 15.9 Å². The van der Waals surface area contributed by atoms with Gasteiger partial charge in [-0.1, -0.05) is 5.16 Å². The molecule has 0 unspecified atom stereocenters. The zero-order valence-electron chi connectivity index (χ0n) is 7.72. The zero-order chi connectivity index (χ0) is 10.5. The lowest BCUT2D eigenvalue weighted by atomic mass is 10.4. The number of halogens is 1. The lowest BCUT2D eigenvalue weighted by Gasteiger charge is -2.04. The molecule has 0 amide bonds. The number of anilines is 1. The summed E-state index contributed by atoms with van der Waals surface area (Å²) in [6.07, 6.45) is 5.17. The van der Waals surface area contributed by atoms with Gasteiger partial charge in [-0.05, 0) is 15.9 Å². The number of nitrogens with zero attached hydrogens (tertiary/aromatic N) is 4. The second kappa shape index (κ2) is 4.83. The minimum absolute atomic E-state index is 0.674. The summed E-state index contributed by atoms with van der Waals surface area (Å²) in [5, 5.41) is 6.83. The molecular weight excluding hydrogens is 262 g/mol. The highest BCUT2D eigenvalue weighted by atomic mass is 79.9. The fraction of sp³-hybridized carbons (Fsp3) is 0.250. The Morgan fingerprint density at radius 2 is 2.33 bits per heavy atom. The van der Waals surface area contributed by atoms with Crippen LogP contribution in [0.25, 0.3) is 0 Å². The van der Waals surface area contributed by atoms with Gasteiger partial charge >= 0.3 is 0 Å². The maximum Gasteiger partial charge on any atom is 0.213 e. The number of hydrogen-bond acceptors (Lipinski definition) is 6. The molecular formula is C8H8BrN5O. The van der Waals surface area contributed by atoms with Crippen molar-refractivity contribution in [1.82, 2.24) is 20.1 Å². The molecule has 0 saturated carbocycles. The Morgan fingerprint density at radius 1 is 1.40 bits per heavy atom. The van der Waals surface area contributed by atoms with Crippen LogP contribution in [-0.4, -0.2) is 26.7 Å². The molecule has 0 aromatic carbocycles. The van der Waals surface area contributed by atoms with Crippen molar-refractivity contribution in [3.63, 3.8) is 0 Å². The first kappa shape index (κ1) is 10.0. The minimum atomic E-state index is 0.674. The van der Waals surface area contributed by atoms with Crippen LogP contribution in [0.15, 0.2) is 27.9 Å². The molecule has 2 rings (SSSR count). The van der Waals surface area contributed by atoms with Gasteiger partial charge in [0, 0.05) is 19.2 Å². The third-order valence-corrected chi connectivity index (χ3v) is 2.30. The standard InChI is InChI=1S/C8H8BrN5O/c9-6-3-10-4-12-8(6)11-2-1-7-13-5-15-14-7/h3-5H,1-2H2,(H,10,11,12). The van der Waals surface area contributed by atoms with Gasteiger partial charge in [0.15, 0.2) is 5.82 Å². The molecule has 0 saturated heterocycles. The highest BCUT2D eigenvalue weighted by molar-refractivity contribution is 9.10. The van der Waals surface area contributed by atoms with E-state index in [2.05, 4.69) is 45.9 Å². The van der Waals surface area contributed by atoms with Crippen molar-refractivity contribution < 1.29 is 4.52 Å². The third-order valence-electron chi connectivity index (χ3n) is 1.72. The van der Waals surface area contributed by atoms with Crippen LogP contribution in [0.4, 0.5) is 5.82 Å². The molecule has 0 atom stereocenters. The quantitative estimate of drug-likeness (QED) is 0.901. The Labute approximate surface area is 94.3 Å². The maximum atomic E-state index is 4.62. The molecule has 15 heavy (non-hydrogen) atoms. The highest BCUT2D eigenvalue weighted by Crippen LogP contribution is 2.16. The van der Waals surface area contributed by atoms with E-state index in [-0.39, 0.29) is 0 Å². The average molecular weight is 270 g/mol. The molecule has 0 aliphatic rings. The predicted octanol–water partition coefficient (Wildman–Crippen LogP) is 1.28. The molecule has 78 valence electrons. The minimum Gasteiger partial charge on any atom is -0.369 e. The van der Waals surface area contributed by atoms with Crippen LogP contribution in [0.5, 0.6) is 0 Å². The first-order valence-electron chi connectivity index (χ1n) is 4.31. The fourth-order valence-corrected chi connectivity index (χ4v) is 1.40. The number of rotatable bonds is 4. The van der Waals surface area contributed by atoms with Crippen LogP contribution in [0.1, 0.15) is 5.82 Å². The molecule has 0 radical (unpaired) electrons. The van der Waals surface area contributed by atoms with Crippen molar-refractivity contribution in [3.8, 4) is 0 Å². The normalized spacial score (nSPS) is 10.2. The van der Waals surface area contributed by atoms with Gasteiger partial charge in [0.1, 0.15) is 12.1 Å². The van der Waals surface area contributed by atoms with E-state index < -0.39 is 0 Å². The first-order chi connectivity index (χ1) is 7.36. The van der Waals surface area contributed by atoms with Crippen LogP contribution in [0.3, 0.4) is 0 Å². The van der Waals surface area contributed by atoms with Crippen molar-refractivity contribution in [2.75, 3.05) is 11.9 Å². The molecule has 6 nitrogen and oxygen atoms in total. The van der Waals surface area contributed by atoms with Gasteiger partial charge in [-0.25, -0.2) is 9.97 Å². The molecule has 0 aliphatic heterocycles. The van der Waals surface area contributed by atoms with E-state index in [1.807, 2.05) is 0 Å². The van der Waals surface area contributed by atoms with Crippen LogP contribution in [-0.2, 0) is 6.42 Å². The van der Waals surface area contributed by atoms with E-state index >= 15 is 0 Å². The van der Waals surface area contributed by atoms with Crippen LogP contribution in [0, 0.1) is 0 Å². The summed E-state index contributed by atoms with van der Waals surface area (Å²) in [6, 6.07) is 0. The zero-order valence-corrected chi connectivity index (χ0v) is 9.31. The Morgan fingerprint density at radius 3 is 3.07 bits per heavy atom. The monoisotopic (exact) mass is 269 g/mol. The van der Waals surface area contributed by atoms with E-state index in [0.29, 0.717) is 18.8 Å². The molecule has 2 heterocycles. The molecule has 0 fully saturated rings. The topological polar surface area (TPSA) is 76.7 Å². The number of hydrogen-bond donors (Lipinski definition) is 1. The SMILES string of the molecule is Brc1cncnc1NCCc1ncon1. The fourth-order valence-electron chi connectivity index (χ4n) is 1.04. The summed E-state index contributed by atoms with van der Waals surface area (Å²) >= 11 is 3.34. The van der Waals surface area contributed by atoms with E-state index in [1.165, 1.54) is 12.7 Å². The Hall–Kier alpha value is -1.50. The molecule has 1 N–H and O–H groups in total. The van der Waals surface area contributed by atoms with Gasteiger partial charge in [-0.15, -0.1) is 0 Å². The van der Waals surface area contributed by atoms with E-state index in [4.69, 9.17) is 0 Å². The van der Waals surface area contributed by atoms with Crippen LogP contribution in [0.2, 0.25) is 0 Å². The number of nitrogens with one attached hydrogen (secondary N) is 1. The van der Waals surface area contributed by atoms with Gasteiger partial charge in [-0.2, -0.15) is 4.98 Å². The summed E-state index contributed by atoms with van der Waals surface area (Å²) < 4.78 is 5.45. The Kier molecular flexibility index (Phi) is 3.23. The largest absolute Gasteiger partial charge is 0.369 e. The molecule has 0 spiro atoms. The van der Waals surface area contributed by atoms with Gasteiger partial charge in [0.25, 0.3) is 0 Å². The van der Waals surface area contributed by atoms with Crippen molar-refractivity contribution >= 4 is 21.7 Å². The molecule has 0 bridgehead atoms. The molecule has 0 aliphatic carbocycles. The summed E-state index contributed by atoms with van der Waals surface area (Å²) in [4.78, 5) is 11.8. The van der Waals surface area contributed by atoms with E-state index in [1.54, 1.807) is 6.20 Å². The molecule has 2 aromatic rings. The second-order valence-electron chi connectivity index (χ2n) is 2.74. The Bertz CT molecular complexity index is 419. The van der Waals surface area contributed by atoms with Crippen molar-refractivity contribution in [2.45, 2.75) is 6.42 Å². The van der Waals surface area contributed by atoms with Crippen molar-refractivity contribution in [3.05, 3.63) is 29.2 Å².